The van der Waals surface area contributed by atoms with Crippen LogP contribution in [0, 0.1) is 17.3 Å². The number of hydrogen-bond acceptors (Lipinski definition) is 4. The molecule has 5 heteroatoms. The summed E-state index contributed by atoms with van der Waals surface area (Å²) in [4.78, 5) is 28.6. The molecule has 0 bridgehead atoms. The van der Waals surface area contributed by atoms with Crippen LogP contribution in [0.1, 0.15) is 26.7 Å². The van der Waals surface area contributed by atoms with Crippen LogP contribution in [0.4, 0.5) is 0 Å². The van der Waals surface area contributed by atoms with Crippen LogP contribution < -0.4 is 5.73 Å². The van der Waals surface area contributed by atoms with E-state index < -0.39 is 0 Å². The van der Waals surface area contributed by atoms with E-state index in [1.54, 1.807) is 4.90 Å². The molecular weight excluding hydrogens is 242 g/mol. The predicted molar refractivity (Wildman–Crippen MR) is 71.1 cm³/mol. The number of carbonyl (C=O) groups is 2. The first kappa shape index (κ1) is 13.1. The van der Waals surface area contributed by atoms with Crippen LogP contribution in [0.2, 0.25) is 0 Å². The van der Waals surface area contributed by atoms with Crippen molar-refractivity contribution >= 4 is 11.8 Å². The van der Waals surface area contributed by atoms with Crippen LogP contribution in [-0.4, -0.2) is 53.8 Å². The third-order valence-corrected chi connectivity index (χ3v) is 5.20. The molecule has 2 unspecified atom stereocenters. The summed E-state index contributed by atoms with van der Waals surface area (Å²) in [5.41, 5.74) is 5.46. The third kappa shape index (κ3) is 1.82. The molecule has 2 aliphatic heterocycles. The van der Waals surface area contributed by atoms with E-state index in [0.717, 1.165) is 32.5 Å². The number of piperidine rings is 2. The number of likely N-dealkylation sites (tertiary alicyclic amines) is 2. The first-order valence-corrected chi connectivity index (χ1v) is 7.28. The molecule has 2 saturated heterocycles. The Balaban J connectivity index is 1.63. The fraction of sp³-hybridized carbons (Fsp3) is 0.857. The molecule has 5 nitrogen and oxygen atoms in total. The molecule has 3 aliphatic rings. The minimum absolute atomic E-state index is 0.0397. The molecule has 3 fully saturated rings. The van der Waals surface area contributed by atoms with Crippen LogP contribution in [0.3, 0.4) is 0 Å². The smallest absolute Gasteiger partial charge is 0.233 e. The van der Waals surface area contributed by atoms with E-state index in [-0.39, 0.29) is 35.1 Å². The molecule has 19 heavy (non-hydrogen) atoms. The summed E-state index contributed by atoms with van der Waals surface area (Å²) in [7, 11) is 0. The fourth-order valence-electron chi connectivity index (χ4n) is 3.91. The van der Waals surface area contributed by atoms with Gasteiger partial charge in [-0.3, -0.25) is 14.5 Å². The Hall–Kier alpha value is -0.940. The molecule has 106 valence electrons. The Bertz CT molecular complexity index is 389. The maximum absolute atomic E-state index is 12.4. The summed E-state index contributed by atoms with van der Waals surface area (Å²) in [6, 6.07) is 0.123. The average Bonchev–Trinajstić information content (AvgIpc) is 2.82. The van der Waals surface area contributed by atoms with Gasteiger partial charge in [-0.05, 0) is 18.3 Å². The van der Waals surface area contributed by atoms with Gasteiger partial charge in [0, 0.05) is 32.2 Å². The van der Waals surface area contributed by atoms with E-state index in [4.69, 9.17) is 5.73 Å². The molecular formula is C14H23N3O2. The summed E-state index contributed by atoms with van der Waals surface area (Å²) >= 11 is 0. The Morgan fingerprint density at radius 3 is 2.16 bits per heavy atom. The van der Waals surface area contributed by atoms with Gasteiger partial charge in [-0.25, -0.2) is 0 Å². The van der Waals surface area contributed by atoms with E-state index >= 15 is 0 Å². The highest BCUT2D eigenvalue weighted by Gasteiger charge is 2.73. The zero-order valence-electron chi connectivity index (χ0n) is 11.8. The van der Waals surface area contributed by atoms with Gasteiger partial charge in [0.1, 0.15) is 0 Å². The Morgan fingerprint density at radius 1 is 1.16 bits per heavy atom. The van der Waals surface area contributed by atoms with Crippen molar-refractivity contribution in [3.8, 4) is 0 Å². The number of rotatable bonds is 3. The van der Waals surface area contributed by atoms with Crippen molar-refractivity contribution in [1.29, 1.82) is 0 Å². The first-order chi connectivity index (χ1) is 8.98. The lowest BCUT2D eigenvalue weighted by molar-refractivity contribution is -0.146. The second-order valence-electron chi connectivity index (χ2n) is 6.68. The summed E-state index contributed by atoms with van der Waals surface area (Å²) in [6.07, 6.45) is 1.80. The van der Waals surface area contributed by atoms with Gasteiger partial charge in [0.2, 0.25) is 11.8 Å². The van der Waals surface area contributed by atoms with Crippen LogP contribution in [0.15, 0.2) is 0 Å². The Morgan fingerprint density at radius 2 is 1.68 bits per heavy atom. The standard InChI is InChI=1S/C14H23N3O2/c1-14(2)10-11(14)13(19)17(12(10)18)9-3-6-16(7-4-9)8-5-15/h9-11H,3-8,15H2,1-2H3. The number of nitrogens with two attached hydrogens (primary N) is 1. The van der Waals surface area contributed by atoms with E-state index in [1.807, 2.05) is 13.8 Å². The number of hydrogen-bond donors (Lipinski definition) is 1. The maximum Gasteiger partial charge on any atom is 0.233 e. The largest absolute Gasteiger partial charge is 0.329 e. The molecule has 2 N–H and O–H groups in total. The average molecular weight is 265 g/mol. The van der Waals surface area contributed by atoms with E-state index in [9.17, 15) is 9.59 Å². The molecule has 3 rings (SSSR count). The van der Waals surface area contributed by atoms with Crippen LogP contribution in [0.25, 0.3) is 0 Å². The molecule has 2 amide bonds. The summed E-state index contributed by atoms with van der Waals surface area (Å²) in [6.45, 7) is 7.52. The molecule has 0 aromatic carbocycles. The zero-order chi connectivity index (χ0) is 13.8. The van der Waals surface area contributed by atoms with E-state index in [2.05, 4.69) is 4.90 Å². The molecule has 1 aliphatic carbocycles. The number of fused-ring (bicyclic) bond motifs is 1. The van der Waals surface area contributed by atoms with Gasteiger partial charge in [0.15, 0.2) is 0 Å². The van der Waals surface area contributed by atoms with E-state index in [0.29, 0.717) is 6.54 Å². The second kappa shape index (κ2) is 4.28. The van der Waals surface area contributed by atoms with E-state index in [1.165, 1.54) is 0 Å². The van der Waals surface area contributed by atoms with Crippen molar-refractivity contribution in [2.24, 2.45) is 23.0 Å². The summed E-state index contributed by atoms with van der Waals surface area (Å²) in [5.74, 6) is 0.0821. The molecule has 2 atom stereocenters. The lowest BCUT2D eigenvalue weighted by Crippen LogP contribution is -2.50. The van der Waals surface area contributed by atoms with Crippen LogP contribution >= 0.6 is 0 Å². The van der Waals surface area contributed by atoms with Gasteiger partial charge >= 0.3 is 0 Å². The highest BCUT2D eigenvalue weighted by molar-refractivity contribution is 6.10. The number of amides is 2. The highest BCUT2D eigenvalue weighted by Crippen LogP contribution is 2.63. The van der Waals surface area contributed by atoms with Crippen molar-refractivity contribution in [3.05, 3.63) is 0 Å². The summed E-state index contributed by atoms with van der Waals surface area (Å²) in [5, 5.41) is 0. The van der Waals surface area contributed by atoms with Crippen LogP contribution in [0.5, 0.6) is 0 Å². The monoisotopic (exact) mass is 265 g/mol. The number of nitrogens with zero attached hydrogens (tertiary/aromatic N) is 2. The molecule has 0 radical (unpaired) electrons. The fourth-order valence-corrected chi connectivity index (χ4v) is 3.91. The number of imide groups is 1. The predicted octanol–water partition coefficient (Wildman–Crippen LogP) is 0.0505. The SMILES string of the molecule is CC1(C)C2C(=O)N(C3CCN(CCN)CC3)C(=O)C21. The summed E-state index contributed by atoms with van der Waals surface area (Å²) < 4.78 is 0. The van der Waals surface area contributed by atoms with Crippen molar-refractivity contribution in [1.82, 2.24) is 9.80 Å². The minimum Gasteiger partial charge on any atom is -0.329 e. The second-order valence-corrected chi connectivity index (χ2v) is 6.68. The quantitative estimate of drug-likeness (QED) is 0.732. The van der Waals surface area contributed by atoms with Crippen LogP contribution in [-0.2, 0) is 9.59 Å². The van der Waals surface area contributed by atoms with Gasteiger partial charge in [-0.15, -0.1) is 0 Å². The normalized spacial score (nSPS) is 34.8. The van der Waals surface area contributed by atoms with Gasteiger partial charge < -0.3 is 10.6 Å². The van der Waals surface area contributed by atoms with Gasteiger partial charge in [0.25, 0.3) is 0 Å². The maximum atomic E-state index is 12.4. The lowest BCUT2D eigenvalue weighted by Gasteiger charge is -2.36. The molecule has 0 aromatic heterocycles. The van der Waals surface area contributed by atoms with Crippen molar-refractivity contribution in [2.75, 3.05) is 26.2 Å². The highest BCUT2D eigenvalue weighted by atomic mass is 16.2. The van der Waals surface area contributed by atoms with Gasteiger partial charge in [0.05, 0.1) is 11.8 Å². The Kier molecular flexibility index (Phi) is 2.94. The molecule has 0 spiro atoms. The number of carbonyl (C=O) groups excluding carboxylic acids is 2. The topological polar surface area (TPSA) is 66.6 Å². The molecule has 2 heterocycles. The van der Waals surface area contributed by atoms with Crippen molar-refractivity contribution < 1.29 is 9.59 Å². The molecule has 1 saturated carbocycles. The third-order valence-electron chi connectivity index (χ3n) is 5.20. The van der Waals surface area contributed by atoms with Crippen molar-refractivity contribution in [3.63, 3.8) is 0 Å². The van der Waals surface area contributed by atoms with Crippen molar-refractivity contribution in [2.45, 2.75) is 32.7 Å². The lowest BCUT2D eigenvalue weighted by atomic mass is 9.99. The van der Waals surface area contributed by atoms with Gasteiger partial charge in [-0.2, -0.15) is 0 Å². The van der Waals surface area contributed by atoms with Gasteiger partial charge in [-0.1, -0.05) is 13.8 Å². The Labute approximate surface area is 114 Å². The zero-order valence-corrected chi connectivity index (χ0v) is 11.8. The molecule has 0 aromatic rings. The first-order valence-electron chi connectivity index (χ1n) is 7.28. The minimum atomic E-state index is -0.0923.